The van der Waals surface area contributed by atoms with Gasteiger partial charge in [0.1, 0.15) is 29.0 Å². The van der Waals surface area contributed by atoms with E-state index in [9.17, 15) is 19.4 Å². The number of halogens is 2. The van der Waals surface area contributed by atoms with Crippen LogP contribution in [0.2, 0.25) is 5.02 Å². The van der Waals surface area contributed by atoms with E-state index in [0.29, 0.717) is 54.7 Å². The molecule has 3 aliphatic carbocycles. The number of fused-ring (bicyclic) bond motifs is 1. The first-order valence-corrected chi connectivity index (χ1v) is 13.5. The number of nitrogens with zero attached hydrogens (tertiary/aromatic N) is 5. The van der Waals surface area contributed by atoms with Crippen LogP contribution in [0.1, 0.15) is 66.4 Å². The molecule has 3 N–H and O–H groups in total. The van der Waals surface area contributed by atoms with Crippen LogP contribution < -0.4 is 5.32 Å². The van der Waals surface area contributed by atoms with Gasteiger partial charge in [0.05, 0.1) is 17.0 Å². The largest absolute Gasteiger partial charge is 0.382 e. The summed E-state index contributed by atoms with van der Waals surface area (Å²) in [7, 11) is 3.54. The van der Waals surface area contributed by atoms with E-state index in [4.69, 9.17) is 11.6 Å². The van der Waals surface area contributed by atoms with Crippen LogP contribution in [0.15, 0.2) is 30.9 Å². The SMILES string of the molecule is Cn1cnc(C2CC3CC(O)(C#CC4CC(O)(c5ncnn5C)C4)CC3C2)c1C(=O)Nc1ccc(F)c(Cl)c1. The first kappa shape index (κ1) is 26.0. The van der Waals surface area contributed by atoms with Crippen molar-refractivity contribution in [3.05, 3.63) is 58.9 Å². The van der Waals surface area contributed by atoms with Crippen molar-refractivity contribution >= 4 is 23.2 Å². The normalized spacial score (nSPS) is 31.3. The highest BCUT2D eigenvalue weighted by atomic mass is 35.5. The lowest BCUT2D eigenvalue weighted by atomic mass is 9.70. The molecule has 9 nitrogen and oxygen atoms in total. The van der Waals surface area contributed by atoms with Crippen molar-refractivity contribution in [1.82, 2.24) is 24.3 Å². The second-order valence-corrected chi connectivity index (χ2v) is 11.8. The summed E-state index contributed by atoms with van der Waals surface area (Å²) in [4.78, 5) is 21.9. The summed E-state index contributed by atoms with van der Waals surface area (Å²) in [5, 5.41) is 28.8. The van der Waals surface area contributed by atoms with Gasteiger partial charge in [0, 0.05) is 31.6 Å². The standard InChI is InChI=1S/C28H30ClFN6O3/c1-35-15-32-23(24(35)25(37)34-20-3-4-22(30)21(29)9-20)17-7-18-12-27(38,13-19(18)8-17)6-5-16-10-28(39,11-16)26-31-14-33-36(26)2/h3-4,9,14-19,38-39H,7-8,10-13H2,1-2H3,(H,34,37). The van der Waals surface area contributed by atoms with Crippen molar-refractivity contribution < 1.29 is 19.4 Å². The molecule has 2 heterocycles. The molecule has 0 spiro atoms. The predicted molar refractivity (Wildman–Crippen MR) is 141 cm³/mol. The Kier molecular flexibility index (Phi) is 6.29. The van der Waals surface area contributed by atoms with Crippen LogP contribution in [0.3, 0.4) is 0 Å². The van der Waals surface area contributed by atoms with Crippen LogP contribution in [-0.2, 0) is 19.7 Å². The molecule has 3 fully saturated rings. The van der Waals surface area contributed by atoms with Crippen molar-refractivity contribution in [3.8, 4) is 11.8 Å². The molecule has 3 saturated carbocycles. The van der Waals surface area contributed by atoms with Crippen LogP contribution in [0.5, 0.6) is 0 Å². The predicted octanol–water partition coefficient (Wildman–Crippen LogP) is 3.53. The number of rotatable bonds is 4. The molecule has 11 heteroatoms. The van der Waals surface area contributed by atoms with Crippen LogP contribution in [0, 0.1) is 35.4 Å². The summed E-state index contributed by atoms with van der Waals surface area (Å²) in [6, 6.07) is 4.07. The van der Waals surface area contributed by atoms with Gasteiger partial charge in [-0.15, -0.1) is 0 Å². The number of hydrogen-bond acceptors (Lipinski definition) is 6. The summed E-state index contributed by atoms with van der Waals surface area (Å²) >= 11 is 5.87. The molecule has 39 heavy (non-hydrogen) atoms. The smallest absolute Gasteiger partial charge is 0.274 e. The zero-order valence-corrected chi connectivity index (χ0v) is 22.5. The number of amides is 1. The van der Waals surface area contributed by atoms with Gasteiger partial charge in [0.25, 0.3) is 5.91 Å². The first-order valence-electron chi connectivity index (χ1n) is 13.1. The first-order chi connectivity index (χ1) is 18.5. The summed E-state index contributed by atoms with van der Waals surface area (Å²) in [5.41, 5.74) is -0.430. The molecule has 6 rings (SSSR count). The van der Waals surface area contributed by atoms with Gasteiger partial charge in [-0.1, -0.05) is 23.4 Å². The summed E-state index contributed by atoms with van der Waals surface area (Å²) in [6.07, 6.45) is 6.85. The highest BCUT2D eigenvalue weighted by Crippen LogP contribution is 2.54. The van der Waals surface area contributed by atoms with Gasteiger partial charge in [-0.25, -0.2) is 14.4 Å². The van der Waals surface area contributed by atoms with E-state index in [1.54, 1.807) is 29.7 Å². The summed E-state index contributed by atoms with van der Waals surface area (Å²) < 4.78 is 16.8. The van der Waals surface area contributed by atoms with Gasteiger partial charge >= 0.3 is 0 Å². The molecule has 0 saturated heterocycles. The Bertz CT molecular complexity index is 1490. The highest BCUT2D eigenvalue weighted by Gasteiger charge is 2.50. The molecule has 0 bridgehead atoms. The van der Waals surface area contributed by atoms with Crippen LogP contribution >= 0.6 is 11.6 Å². The molecule has 2 unspecified atom stereocenters. The molecular weight excluding hydrogens is 523 g/mol. The minimum absolute atomic E-state index is 0.00879. The lowest BCUT2D eigenvalue weighted by molar-refractivity contribution is -0.0724. The number of benzene rings is 1. The van der Waals surface area contributed by atoms with Crippen LogP contribution in [0.4, 0.5) is 10.1 Å². The van der Waals surface area contributed by atoms with Gasteiger partial charge in [-0.3, -0.25) is 9.48 Å². The van der Waals surface area contributed by atoms with E-state index in [1.165, 1.54) is 24.5 Å². The molecule has 1 amide bonds. The summed E-state index contributed by atoms with van der Waals surface area (Å²) in [6.45, 7) is 0. The van der Waals surface area contributed by atoms with Gasteiger partial charge in [0.15, 0.2) is 5.82 Å². The number of anilines is 1. The van der Waals surface area contributed by atoms with Gasteiger partial charge in [0.2, 0.25) is 0 Å². The molecule has 204 valence electrons. The van der Waals surface area contributed by atoms with E-state index in [1.807, 2.05) is 0 Å². The second kappa shape index (κ2) is 9.44. The lowest BCUT2D eigenvalue weighted by Crippen LogP contribution is -2.43. The molecule has 0 aliphatic heterocycles. The average Bonchev–Trinajstić information content (AvgIpc) is 3.61. The zero-order chi connectivity index (χ0) is 27.5. The topological polar surface area (TPSA) is 118 Å². The fourth-order valence-corrected chi connectivity index (χ4v) is 6.95. The fourth-order valence-electron chi connectivity index (χ4n) is 6.77. The van der Waals surface area contributed by atoms with Crippen molar-refractivity contribution in [3.63, 3.8) is 0 Å². The quantitative estimate of drug-likeness (QED) is 0.426. The molecule has 2 atom stereocenters. The number of aromatic nitrogens is 5. The zero-order valence-electron chi connectivity index (χ0n) is 21.7. The van der Waals surface area contributed by atoms with Crippen molar-refractivity contribution in [2.75, 3.05) is 5.32 Å². The van der Waals surface area contributed by atoms with Gasteiger partial charge < -0.3 is 20.1 Å². The van der Waals surface area contributed by atoms with Gasteiger partial charge in [-0.2, -0.15) is 5.10 Å². The van der Waals surface area contributed by atoms with Gasteiger partial charge in [-0.05, 0) is 68.6 Å². The second-order valence-electron chi connectivity index (χ2n) is 11.4. The highest BCUT2D eigenvalue weighted by molar-refractivity contribution is 6.31. The van der Waals surface area contributed by atoms with E-state index >= 15 is 0 Å². The number of aliphatic hydroxyl groups is 2. The summed E-state index contributed by atoms with van der Waals surface area (Å²) in [5.74, 6) is 6.72. The maximum absolute atomic E-state index is 13.5. The Morgan fingerprint density at radius 2 is 1.87 bits per heavy atom. The molecule has 0 radical (unpaired) electrons. The molecule has 1 aromatic carbocycles. The monoisotopic (exact) mass is 552 g/mol. The third-order valence-electron chi connectivity index (χ3n) is 8.59. The van der Waals surface area contributed by atoms with Crippen molar-refractivity contribution in [2.45, 2.75) is 55.6 Å². The Balaban J connectivity index is 1.09. The molecule has 2 aromatic heterocycles. The van der Waals surface area contributed by atoms with Crippen LogP contribution in [-0.4, -0.2) is 46.0 Å². The Morgan fingerprint density at radius 1 is 1.15 bits per heavy atom. The Labute approximate surface area is 230 Å². The number of carbonyl (C=O) groups is 1. The van der Waals surface area contributed by atoms with E-state index in [-0.39, 0.29) is 22.8 Å². The molecule has 3 aromatic rings. The number of aryl methyl sites for hydroxylation is 2. The van der Waals surface area contributed by atoms with E-state index in [2.05, 4.69) is 32.2 Å². The third-order valence-corrected chi connectivity index (χ3v) is 8.88. The Morgan fingerprint density at radius 3 is 2.51 bits per heavy atom. The third kappa shape index (κ3) is 4.73. The molecular formula is C28H30ClFN6O3. The van der Waals surface area contributed by atoms with E-state index < -0.39 is 17.0 Å². The number of hydrogen-bond donors (Lipinski definition) is 3. The maximum atomic E-state index is 13.5. The molecule has 3 aliphatic rings. The maximum Gasteiger partial charge on any atom is 0.274 e. The van der Waals surface area contributed by atoms with Crippen molar-refractivity contribution in [2.24, 2.45) is 31.8 Å². The average molecular weight is 553 g/mol. The van der Waals surface area contributed by atoms with E-state index in [0.717, 1.165) is 18.5 Å². The lowest BCUT2D eigenvalue weighted by Gasteiger charge is -2.40. The number of nitrogens with one attached hydrogen (secondary N) is 1. The number of carbonyl (C=O) groups excluding carboxylic acids is 1. The minimum atomic E-state index is -1.04. The minimum Gasteiger partial charge on any atom is -0.382 e. The number of imidazole rings is 1. The van der Waals surface area contributed by atoms with Crippen molar-refractivity contribution in [1.29, 1.82) is 0 Å². The fraction of sp³-hybridized carbons (Fsp3) is 0.500. The Hall–Kier alpha value is -3.26. The van der Waals surface area contributed by atoms with Crippen LogP contribution in [0.25, 0.3) is 0 Å².